The summed E-state index contributed by atoms with van der Waals surface area (Å²) in [6.07, 6.45) is -5.80. The smallest absolute Gasteiger partial charge is 0.389 e. The van der Waals surface area contributed by atoms with Crippen molar-refractivity contribution in [3.63, 3.8) is 0 Å². The monoisotopic (exact) mass is 293 g/mol. The minimum atomic E-state index is -4.34. The Balaban J connectivity index is 2.82. The van der Waals surface area contributed by atoms with Crippen molar-refractivity contribution >= 4 is 11.7 Å². The third-order valence-corrected chi connectivity index (χ3v) is 2.27. The van der Waals surface area contributed by atoms with E-state index in [-0.39, 0.29) is 12.2 Å². The third kappa shape index (κ3) is 4.41. The molecular formula is C11H10F3NO5. The number of halogens is 3. The van der Waals surface area contributed by atoms with E-state index in [0.29, 0.717) is 0 Å². The van der Waals surface area contributed by atoms with Gasteiger partial charge in [-0.05, 0) is 18.6 Å². The molecule has 1 N–H and O–H groups in total. The van der Waals surface area contributed by atoms with Crippen molar-refractivity contribution in [1.82, 2.24) is 0 Å². The van der Waals surface area contributed by atoms with Crippen LogP contribution in [-0.4, -0.2) is 28.8 Å². The Morgan fingerprint density at radius 3 is 2.55 bits per heavy atom. The molecular weight excluding hydrogens is 283 g/mol. The van der Waals surface area contributed by atoms with Crippen LogP contribution in [0, 0.1) is 10.1 Å². The van der Waals surface area contributed by atoms with Crippen LogP contribution in [0.2, 0.25) is 0 Å². The van der Waals surface area contributed by atoms with Crippen LogP contribution in [0.4, 0.5) is 18.9 Å². The van der Waals surface area contributed by atoms with E-state index in [4.69, 9.17) is 9.84 Å². The summed E-state index contributed by atoms with van der Waals surface area (Å²) in [6.45, 7) is -0.399. The van der Waals surface area contributed by atoms with Crippen molar-refractivity contribution in [1.29, 1.82) is 0 Å². The van der Waals surface area contributed by atoms with E-state index in [9.17, 15) is 28.1 Å². The first-order valence-corrected chi connectivity index (χ1v) is 5.42. The molecule has 0 aromatic heterocycles. The number of hydrogen-bond acceptors (Lipinski definition) is 4. The van der Waals surface area contributed by atoms with Gasteiger partial charge in [-0.2, -0.15) is 13.2 Å². The van der Waals surface area contributed by atoms with Gasteiger partial charge < -0.3 is 9.84 Å². The number of hydrogen-bond donors (Lipinski definition) is 1. The molecule has 0 saturated carbocycles. The lowest BCUT2D eigenvalue weighted by Gasteiger charge is -2.09. The number of carboxylic acids is 1. The van der Waals surface area contributed by atoms with Crippen LogP contribution in [0.1, 0.15) is 23.2 Å². The second-order valence-corrected chi connectivity index (χ2v) is 3.78. The Bertz CT molecular complexity index is 515. The maximum atomic E-state index is 11.9. The van der Waals surface area contributed by atoms with Crippen LogP contribution in [-0.2, 0) is 0 Å². The van der Waals surface area contributed by atoms with Crippen LogP contribution in [0.3, 0.4) is 0 Å². The van der Waals surface area contributed by atoms with Crippen LogP contribution in [0.15, 0.2) is 18.2 Å². The van der Waals surface area contributed by atoms with Crippen molar-refractivity contribution in [3.8, 4) is 5.75 Å². The number of carbonyl (C=O) groups is 1. The van der Waals surface area contributed by atoms with Gasteiger partial charge in [0, 0.05) is 6.42 Å². The van der Waals surface area contributed by atoms with E-state index in [1.54, 1.807) is 0 Å². The molecule has 0 unspecified atom stereocenters. The molecule has 6 nitrogen and oxygen atoms in total. The fourth-order valence-corrected chi connectivity index (χ4v) is 1.45. The number of nitrogens with zero attached hydrogens (tertiary/aromatic N) is 1. The lowest BCUT2D eigenvalue weighted by Crippen LogP contribution is -2.11. The topological polar surface area (TPSA) is 89.7 Å². The van der Waals surface area contributed by atoms with Crippen LogP contribution < -0.4 is 4.74 Å². The lowest BCUT2D eigenvalue weighted by molar-refractivity contribution is -0.386. The number of nitro benzene ring substituents is 1. The first-order valence-electron chi connectivity index (χ1n) is 5.42. The molecule has 0 radical (unpaired) electrons. The zero-order chi connectivity index (χ0) is 15.3. The zero-order valence-electron chi connectivity index (χ0n) is 10.0. The van der Waals surface area contributed by atoms with E-state index in [1.807, 2.05) is 0 Å². The van der Waals surface area contributed by atoms with Crippen molar-refractivity contribution in [2.24, 2.45) is 0 Å². The Morgan fingerprint density at radius 1 is 1.40 bits per heavy atom. The Morgan fingerprint density at radius 2 is 2.05 bits per heavy atom. The van der Waals surface area contributed by atoms with Crippen LogP contribution >= 0.6 is 0 Å². The highest BCUT2D eigenvalue weighted by Crippen LogP contribution is 2.31. The molecule has 0 aliphatic heterocycles. The first kappa shape index (κ1) is 15.7. The van der Waals surface area contributed by atoms with Crippen molar-refractivity contribution < 1.29 is 32.7 Å². The molecule has 1 aromatic carbocycles. The quantitative estimate of drug-likeness (QED) is 0.494. The van der Waals surface area contributed by atoms with E-state index in [2.05, 4.69) is 0 Å². The minimum absolute atomic E-state index is 0.364. The summed E-state index contributed by atoms with van der Waals surface area (Å²) in [7, 11) is 0. The van der Waals surface area contributed by atoms with E-state index in [1.165, 1.54) is 6.07 Å². The fourth-order valence-electron chi connectivity index (χ4n) is 1.45. The number of alkyl halides is 3. The van der Waals surface area contributed by atoms with E-state index in [0.717, 1.165) is 12.1 Å². The third-order valence-electron chi connectivity index (χ3n) is 2.27. The van der Waals surface area contributed by atoms with Crippen LogP contribution in [0.25, 0.3) is 0 Å². The van der Waals surface area contributed by atoms with Gasteiger partial charge in [-0.25, -0.2) is 4.79 Å². The average Bonchev–Trinajstić information content (AvgIpc) is 2.32. The fraction of sp³-hybridized carbons (Fsp3) is 0.364. The number of aromatic carboxylic acids is 1. The maximum absolute atomic E-state index is 11.9. The zero-order valence-corrected chi connectivity index (χ0v) is 10.0. The summed E-state index contributed by atoms with van der Waals surface area (Å²) in [5.41, 5.74) is -1.35. The number of ether oxygens (including phenoxy) is 1. The van der Waals surface area contributed by atoms with E-state index < -0.39 is 41.3 Å². The number of rotatable bonds is 6. The first-order chi connectivity index (χ1) is 9.22. The SMILES string of the molecule is O=C(O)c1cccc(OCCCC(F)(F)F)c1[N+](=O)[O-]. The molecule has 1 aromatic rings. The molecule has 0 aliphatic rings. The molecule has 110 valence electrons. The summed E-state index contributed by atoms with van der Waals surface area (Å²) in [6, 6.07) is 3.37. The minimum Gasteiger partial charge on any atom is -0.487 e. The van der Waals surface area contributed by atoms with Gasteiger partial charge in [0.25, 0.3) is 0 Å². The van der Waals surface area contributed by atoms with Gasteiger partial charge in [0.05, 0.1) is 11.5 Å². The number of nitro groups is 1. The van der Waals surface area contributed by atoms with Gasteiger partial charge in [-0.3, -0.25) is 10.1 Å². The molecule has 0 saturated heterocycles. The Hall–Kier alpha value is -2.32. The van der Waals surface area contributed by atoms with Gasteiger partial charge >= 0.3 is 17.8 Å². The number of para-hydroxylation sites is 1. The summed E-state index contributed by atoms with van der Waals surface area (Å²) in [5.74, 6) is -1.88. The maximum Gasteiger partial charge on any atom is 0.389 e. The molecule has 0 heterocycles. The second kappa shape index (κ2) is 6.22. The normalized spacial score (nSPS) is 11.2. The van der Waals surface area contributed by atoms with Gasteiger partial charge in [0.1, 0.15) is 5.56 Å². The lowest BCUT2D eigenvalue weighted by atomic mass is 10.1. The van der Waals surface area contributed by atoms with Gasteiger partial charge in [-0.1, -0.05) is 6.07 Å². The van der Waals surface area contributed by atoms with Crippen molar-refractivity contribution in [3.05, 3.63) is 33.9 Å². The average molecular weight is 293 g/mol. The van der Waals surface area contributed by atoms with Crippen LogP contribution in [0.5, 0.6) is 5.75 Å². The molecule has 9 heteroatoms. The predicted octanol–water partition coefficient (Wildman–Crippen LogP) is 3.01. The van der Waals surface area contributed by atoms with Crippen molar-refractivity contribution in [2.45, 2.75) is 19.0 Å². The highest BCUT2D eigenvalue weighted by atomic mass is 19.4. The summed E-state index contributed by atoms with van der Waals surface area (Å²) in [5, 5.41) is 19.6. The Kier molecular flexibility index (Phi) is 4.89. The van der Waals surface area contributed by atoms with Gasteiger partial charge in [0.2, 0.25) is 0 Å². The van der Waals surface area contributed by atoms with E-state index >= 15 is 0 Å². The number of carboxylic acid groups (broad SMARTS) is 1. The Labute approximate surface area is 110 Å². The van der Waals surface area contributed by atoms with Gasteiger partial charge in [0.15, 0.2) is 5.75 Å². The largest absolute Gasteiger partial charge is 0.487 e. The molecule has 0 bridgehead atoms. The number of benzene rings is 1. The summed E-state index contributed by atoms with van der Waals surface area (Å²) in [4.78, 5) is 20.7. The molecule has 1 rings (SSSR count). The molecule has 0 fully saturated rings. The van der Waals surface area contributed by atoms with Gasteiger partial charge in [-0.15, -0.1) is 0 Å². The highest BCUT2D eigenvalue weighted by Gasteiger charge is 2.27. The molecule has 0 atom stereocenters. The molecule has 0 spiro atoms. The molecule has 20 heavy (non-hydrogen) atoms. The second-order valence-electron chi connectivity index (χ2n) is 3.78. The summed E-state index contributed by atoms with van der Waals surface area (Å²) >= 11 is 0. The standard InChI is InChI=1S/C11H10F3NO5/c12-11(13,14)5-2-6-20-8-4-1-3-7(10(16)17)9(8)15(18)19/h1,3-4H,2,5-6H2,(H,16,17). The molecule has 0 amide bonds. The summed E-state index contributed by atoms with van der Waals surface area (Å²) < 4.78 is 40.6. The van der Waals surface area contributed by atoms with Crippen molar-refractivity contribution in [2.75, 3.05) is 6.61 Å². The predicted molar refractivity (Wildman–Crippen MR) is 60.8 cm³/mol. The highest BCUT2D eigenvalue weighted by molar-refractivity contribution is 5.93. The molecule has 0 aliphatic carbocycles.